The summed E-state index contributed by atoms with van der Waals surface area (Å²) >= 11 is 6.46. The Labute approximate surface area is 252 Å². The Morgan fingerprint density at radius 2 is 1.62 bits per heavy atom. The van der Waals surface area contributed by atoms with Crippen LogP contribution in [0.5, 0.6) is 0 Å². The second-order valence-electron chi connectivity index (χ2n) is 10.7. The van der Waals surface area contributed by atoms with E-state index >= 15 is 0 Å². The molecule has 7 nitrogen and oxygen atoms in total. The molecule has 1 aliphatic rings. The van der Waals surface area contributed by atoms with Gasteiger partial charge in [-0.05, 0) is 68.1 Å². The molecular formula is C32H37ClFN3O4S. The molecule has 1 aliphatic carbocycles. The molecule has 0 bridgehead atoms. The quantitative estimate of drug-likeness (QED) is 0.277. The van der Waals surface area contributed by atoms with Gasteiger partial charge >= 0.3 is 0 Å². The van der Waals surface area contributed by atoms with Crippen LogP contribution in [0.1, 0.15) is 56.6 Å². The van der Waals surface area contributed by atoms with Crippen molar-refractivity contribution in [2.45, 2.75) is 75.9 Å². The molecule has 0 spiro atoms. The maximum Gasteiger partial charge on any atom is 0.264 e. The first-order valence-corrected chi connectivity index (χ1v) is 16.1. The van der Waals surface area contributed by atoms with Crippen molar-refractivity contribution in [2.24, 2.45) is 0 Å². The van der Waals surface area contributed by atoms with E-state index in [1.807, 2.05) is 13.8 Å². The maximum atomic E-state index is 14.2. The average Bonchev–Trinajstić information content (AvgIpc) is 2.98. The van der Waals surface area contributed by atoms with E-state index in [0.717, 1.165) is 42.0 Å². The molecule has 4 rings (SSSR count). The summed E-state index contributed by atoms with van der Waals surface area (Å²) in [5.41, 5.74) is 1.64. The van der Waals surface area contributed by atoms with E-state index in [0.29, 0.717) is 12.0 Å². The standard InChI is InChI=1S/C32H37ClFN3O4S/c1-3-29(32(39)35-26-9-5-4-6-10-26)36(21-24-15-17-25(34)18-16-24)31(38)22-37(30-12-8-7-11-28(30)33)42(40,41)27-19-13-23(2)14-20-27/h7-8,11-20,26,29H,3-6,9-10,21-22H2,1-2H3,(H,35,39)/t29-/m0/s1. The number of amides is 2. The molecule has 1 fully saturated rings. The molecule has 3 aromatic carbocycles. The summed E-state index contributed by atoms with van der Waals surface area (Å²) in [4.78, 5) is 29.1. The number of anilines is 1. The van der Waals surface area contributed by atoms with Gasteiger partial charge in [0.1, 0.15) is 18.4 Å². The molecule has 0 unspecified atom stereocenters. The summed E-state index contributed by atoms with van der Waals surface area (Å²) in [5.74, 6) is -1.29. The van der Waals surface area contributed by atoms with Gasteiger partial charge in [0.2, 0.25) is 11.8 Å². The van der Waals surface area contributed by atoms with Crippen LogP contribution in [0.2, 0.25) is 5.02 Å². The normalized spacial score (nSPS) is 14.7. The average molecular weight is 614 g/mol. The van der Waals surface area contributed by atoms with E-state index in [9.17, 15) is 22.4 Å². The zero-order valence-electron chi connectivity index (χ0n) is 23.9. The Morgan fingerprint density at radius 3 is 2.24 bits per heavy atom. The molecule has 0 saturated heterocycles. The lowest BCUT2D eigenvalue weighted by molar-refractivity contribution is -0.140. The number of hydrogen-bond acceptors (Lipinski definition) is 4. The van der Waals surface area contributed by atoms with Gasteiger partial charge in [0.15, 0.2) is 0 Å². The van der Waals surface area contributed by atoms with Crippen LogP contribution >= 0.6 is 11.6 Å². The summed E-state index contributed by atoms with van der Waals surface area (Å²) < 4.78 is 42.6. The number of benzene rings is 3. The van der Waals surface area contributed by atoms with Gasteiger partial charge in [-0.3, -0.25) is 13.9 Å². The van der Waals surface area contributed by atoms with Crippen LogP contribution in [0.25, 0.3) is 0 Å². The summed E-state index contributed by atoms with van der Waals surface area (Å²) in [6.07, 6.45) is 5.26. The van der Waals surface area contributed by atoms with Crippen molar-refractivity contribution < 1.29 is 22.4 Å². The van der Waals surface area contributed by atoms with Crippen molar-refractivity contribution >= 4 is 39.1 Å². The SMILES string of the molecule is CC[C@@H](C(=O)NC1CCCCC1)N(Cc1ccc(F)cc1)C(=O)CN(c1ccccc1Cl)S(=O)(=O)c1ccc(C)cc1. The van der Waals surface area contributed by atoms with Crippen molar-refractivity contribution in [2.75, 3.05) is 10.8 Å². The molecule has 1 saturated carbocycles. The lowest BCUT2D eigenvalue weighted by Gasteiger charge is -2.34. The van der Waals surface area contributed by atoms with Crippen molar-refractivity contribution in [3.63, 3.8) is 0 Å². The molecule has 42 heavy (non-hydrogen) atoms. The Kier molecular flexibility index (Phi) is 10.6. The van der Waals surface area contributed by atoms with Gasteiger partial charge in [-0.1, -0.05) is 79.7 Å². The molecule has 0 heterocycles. The molecule has 3 aromatic rings. The van der Waals surface area contributed by atoms with E-state index in [-0.39, 0.29) is 34.1 Å². The predicted molar refractivity (Wildman–Crippen MR) is 163 cm³/mol. The maximum absolute atomic E-state index is 14.2. The minimum absolute atomic E-state index is 0.00333. The van der Waals surface area contributed by atoms with Crippen molar-refractivity contribution in [3.05, 3.63) is 94.8 Å². The highest BCUT2D eigenvalue weighted by Crippen LogP contribution is 2.31. The van der Waals surface area contributed by atoms with Gasteiger partial charge in [-0.25, -0.2) is 12.8 Å². The Morgan fingerprint density at radius 1 is 0.976 bits per heavy atom. The van der Waals surface area contributed by atoms with E-state index < -0.39 is 34.3 Å². The topological polar surface area (TPSA) is 86.8 Å². The number of sulfonamides is 1. The van der Waals surface area contributed by atoms with E-state index in [1.165, 1.54) is 29.2 Å². The first kappa shape index (κ1) is 31.5. The molecule has 224 valence electrons. The summed E-state index contributed by atoms with van der Waals surface area (Å²) in [6, 6.07) is 17.6. The molecular weight excluding hydrogens is 577 g/mol. The zero-order chi connectivity index (χ0) is 30.3. The lowest BCUT2D eigenvalue weighted by atomic mass is 9.95. The van der Waals surface area contributed by atoms with Gasteiger partial charge in [0.05, 0.1) is 15.6 Å². The Hall–Kier alpha value is -3.43. The molecule has 0 aliphatic heterocycles. The second kappa shape index (κ2) is 14.2. The van der Waals surface area contributed by atoms with Gasteiger partial charge < -0.3 is 10.2 Å². The number of carbonyl (C=O) groups excluding carboxylic acids is 2. The van der Waals surface area contributed by atoms with Crippen molar-refractivity contribution in [1.82, 2.24) is 10.2 Å². The highest BCUT2D eigenvalue weighted by molar-refractivity contribution is 7.92. The Bertz CT molecular complexity index is 1480. The number of aryl methyl sites for hydroxylation is 1. The van der Waals surface area contributed by atoms with Gasteiger partial charge in [0.25, 0.3) is 10.0 Å². The third-order valence-electron chi connectivity index (χ3n) is 7.61. The highest BCUT2D eigenvalue weighted by atomic mass is 35.5. The number of para-hydroxylation sites is 1. The zero-order valence-corrected chi connectivity index (χ0v) is 25.5. The van der Waals surface area contributed by atoms with Crippen LogP contribution in [-0.4, -0.2) is 43.8 Å². The van der Waals surface area contributed by atoms with Crippen LogP contribution in [-0.2, 0) is 26.2 Å². The molecule has 2 amide bonds. The number of nitrogens with zero attached hydrogens (tertiary/aromatic N) is 2. The fourth-order valence-electron chi connectivity index (χ4n) is 5.26. The first-order valence-electron chi connectivity index (χ1n) is 14.3. The fraction of sp³-hybridized carbons (Fsp3) is 0.375. The van der Waals surface area contributed by atoms with Crippen molar-refractivity contribution in [1.29, 1.82) is 0 Å². The summed E-state index contributed by atoms with van der Waals surface area (Å²) in [6.45, 7) is 3.07. The number of halogens is 2. The number of rotatable bonds is 11. The van der Waals surface area contributed by atoms with Crippen LogP contribution in [0.15, 0.2) is 77.7 Å². The summed E-state index contributed by atoms with van der Waals surface area (Å²) in [5, 5.41) is 3.27. The number of nitrogens with one attached hydrogen (secondary N) is 1. The highest BCUT2D eigenvalue weighted by Gasteiger charge is 2.35. The van der Waals surface area contributed by atoms with Gasteiger partial charge in [-0.2, -0.15) is 0 Å². The van der Waals surface area contributed by atoms with E-state index in [2.05, 4.69) is 5.32 Å². The fourth-order valence-corrected chi connectivity index (χ4v) is 6.98. The smallest absolute Gasteiger partial charge is 0.264 e. The third kappa shape index (κ3) is 7.69. The minimum atomic E-state index is -4.22. The largest absolute Gasteiger partial charge is 0.352 e. The van der Waals surface area contributed by atoms with Gasteiger partial charge in [-0.15, -0.1) is 0 Å². The predicted octanol–water partition coefficient (Wildman–Crippen LogP) is 6.24. The summed E-state index contributed by atoms with van der Waals surface area (Å²) in [7, 11) is -4.22. The van der Waals surface area contributed by atoms with E-state index in [4.69, 9.17) is 11.6 Å². The number of carbonyl (C=O) groups is 2. The van der Waals surface area contributed by atoms with Crippen molar-refractivity contribution in [3.8, 4) is 0 Å². The van der Waals surface area contributed by atoms with Crippen LogP contribution in [0, 0.1) is 12.7 Å². The molecule has 0 aromatic heterocycles. The number of hydrogen-bond donors (Lipinski definition) is 1. The second-order valence-corrected chi connectivity index (χ2v) is 13.0. The van der Waals surface area contributed by atoms with Crippen LogP contribution in [0.3, 0.4) is 0 Å². The Balaban J connectivity index is 1.71. The minimum Gasteiger partial charge on any atom is -0.352 e. The first-order chi connectivity index (χ1) is 20.1. The molecule has 0 radical (unpaired) electrons. The molecule has 1 N–H and O–H groups in total. The van der Waals surface area contributed by atoms with E-state index in [1.54, 1.807) is 48.5 Å². The van der Waals surface area contributed by atoms with Gasteiger partial charge in [0, 0.05) is 12.6 Å². The monoisotopic (exact) mass is 613 g/mol. The van der Waals surface area contributed by atoms with Crippen LogP contribution < -0.4 is 9.62 Å². The van der Waals surface area contributed by atoms with Crippen LogP contribution in [0.4, 0.5) is 10.1 Å². The molecule has 1 atom stereocenters. The molecule has 10 heteroatoms. The third-order valence-corrected chi connectivity index (χ3v) is 9.71. The lowest BCUT2D eigenvalue weighted by Crippen LogP contribution is -2.54.